The molecule has 2 rings (SSSR count). The number of carbonyl (C=O) groups excluding carboxylic acids is 1. The van der Waals surface area contributed by atoms with Gasteiger partial charge < -0.3 is 0 Å². The highest BCUT2D eigenvalue weighted by atomic mass is 19.1. The smallest absolute Gasteiger partial charge is 0.163 e. The molecule has 0 bridgehead atoms. The van der Waals surface area contributed by atoms with E-state index in [0.29, 0.717) is 12.0 Å². The van der Waals surface area contributed by atoms with Crippen LogP contribution < -0.4 is 0 Å². The second-order valence-electron chi connectivity index (χ2n) is 3.45. The zero-order valence-corrected chi connectivity index (χ0v) is 8.46. The Balaban J connectivity index is 2.71. The van der Waals surface area contributed by atoms with Crippen LogP contribution in [0.2, 0.25) is 0 Å². The summed E-state index contributed by atoms with van der Waals surface area (Å²) < 4.78 is 13.0. The molecule has 2 aromatic rings. The maximum atomic E-state index is 13.0. The summed E-state index contributed by atoms with van der Waals surface area (Å²) in [6.45, 7) is 1.82. The number of halogens is 1. The van der Waals surface area contributed by atoms with Crippen molar-refractivity contribution in [3.8, 4) is 0 Å². The molecule has 0 aromatic heterocycles. The molecule has 0 saturated heterocycles. The van der Waals surface area contributed by atoms with Gasteiger partial charge in [-0.1, -0.05) is 31.2 Å². The molecule has 0 spiro atoms. The van der Waals surface area contributed by atoms with Crippen molar-refractivity contribution in [1.82, 2.24) is 0 Å². The van der Waals surface area contributed by atoms with Crippen LogP contribution >= 0.6 is 0 Å². The van der Waals surface area contributed by atoms with E-state index in [0.717, 1.165) is 10.8 Å². The number of hydrogen-bond acceptors (Lipinski definition) is 1. The second kappa shape index (κ2) is 3.81. The summed E-state index contributed by atoms with van der Waals surface area (Å²) in [5, 5.41) is 1.60. The second-order valence-corrected chi connectivity index (χ2v) is 3.45. The lowest BCUT2D eigenvalue weighted by Gasteiger charge is -2.04. The first-order valence-electron chi connectivity index (χ1n) is 4.94. The summed E-state index contributed by atoms with van der Waals surface area (Å²) >= 11 is 0. The van der Waals surface area contributed by atoms with Gasteiger partial charge in [-0.05, 0) is 22.9 Å². The highest BCUT2D eigenvalue weighted by Gasteiger charge is 2.07. The molecule has 0 aliphatic rings. The van der Waals surface area contributed by atoms with Gasteiger partial charge in [0.25, 0.3) is 0 Å². The molecule has 2 heteroatoms. The largest absolute Gasteiger partial charge is 0.294 e. The fourth-order valence-corrected chi connectivity index (χ4v) is 1.69. The molecule has 0 radical (unpaired) electrons. The van der Waals surface area contributed by atoms with Crippen LogP contribution in [0.4, 0.5) is 4.39 Å². The Morgan fingerprint density at radius 2 is 2.07 bits per heavy atom. The van der Waals surface area contributed by atoms with Crippen molar-refractivity contribution in [3.05, 3.63) is 47.8 Å². The Kier molecular flexibility index (Phi) is 2.50. The van der Waals surface area contributed by atoms with Crippen molar-refractivity contribution in [3.63, 3.8) is 0 Å². The van der Waals surface area contributed by atoms with Crippen molar-refractivity contribution in [2.45, 2.75) is 13.3 Å². The normalized spacial score (nSPS) is 10.5. The SMILES string of the molecule is CCC(=O)c1cccc2cc(F)ccc12. The molecule has 0 unspecified atom stereocenters. The van der Waals surface area contributed by atoms with Crippen LogP contribution in [-0.4, -0.2) is 5.78 Å². The van der Waals surface area contributed by atoms with Gasteiger partial charge in [0.05, 0.1) is 0 Å². The van der Waals surface area contributed by atoms with Crippen molar-refractivity contribution in [2.24, 2.45) is 0 Å². The minimum Gasteiger partial charge on any atom is -0.294 e. The summed E-state index contributed by atoms with van der Waals surface area (Å²) in [6, 6.07) is 9.87. The number of Topliss-reactive ketones (excluding diaryl/α,β-unsaturated/α-hetero) is 1. The zero-order chi connectivity index (χ0) is 10.8. The molecule has 0 fully saturated rings. The van der Waals surface area contributed by atoms with Gasteiger partial charge in [-0.15, -0.1) is 0 Å². The standard InChI is InChI=1S/C13H11FO/c1-2-13(15)12-5-3-4-9-8-10(14)6-7-11(9)12/h3-8H,2H2,1H3. The van der Waals surface area contributed by atoms with E-state index < -0.39 is 0 Å². The topological polar surface area (TPSA) is 17.1 Å². The Hall–Kier alpha value is -1.70. The van der Waals surface area contributed by atoms with E-state index in [1.165, 1.54) is 12.1 Å². The molecule has 15 heavy (non-hydrogen) atoms. The minimum atomic E-state index is -0.274. The average Bonchev–Trinajstić information content (AvgIpc) is 2.26. The summed E-state index contributed by atoms with van der Waals surface area (Å²) in [7, 11) is 0. The molecule has 0 aliphatic carbocycles. The summed E-state index contributed by atoms with van der Waals surface area (Å²) in [4.78, 5) is 11.6. The van der Waals surface area contributed by atoms with Crippen molar-refractivity contribution in [2.75, 3.05) is 0 Å². The number of hydrogen-bond donors (Lipinski definition) is 0. The van der Waals surface area contributed by atoms with Crippen LogP contribution in [0.5, 0.6) is 0 Å². The van der Waals surface area contributed by atoms with E-state index in [1.807, 2.05) is 13.0 Å². The predicted molar refractivity (Wildman–Crippen MR) is 58.5 cm³/mol. The summed E-state index contributed by atoms with van der Waals surface area (Å²) in [5.74, 6) is -0.184. The van der Waals surface area contributed by atoms with Gasteiger partial charge in [0, 0.05) is 12.0 Å². The van der Waals surface area contributed by atoms with Gasteiger partial charge in [0.15, 0.2) is 5.78 Å². The van der Waals surface area contributed by atoms with Gasteiger partial charge in [-0.2, -0.15) is 0 Å². The van der Waals surface area contributed by atoms with Gasteiger partial charge in [0.1, 0.15) is 5.82 Å². The molecule has 2 aromatic carbocycles. The van der Waals surface area contributed by atoms with Crippen LogP contribution in [0.25, 0.3) is 10.8 Å². The van der Waals surface area contributed by atoms with E-state index in [2.05, 4.69) is 0 Å². The first kappa shape index (κ1) is 9.84. The van der Waals surface area contributed by atoms with Gasteiger partial charge in [-0.3, -0.25) is 4.79 Å². The minimum absolute atomic E-state index is 0.0900. The van der Waals surface area contributed by atoms with Crippen LogP contribution in [0.15, 0.2) is 36.4 Å². The molecule has 76 valence electrons. The monoisotopic (exact) mass is 202 g/mol. The molecule has 0 N–H and O–H groups in total. The van der Waals surface area contributed by atoms with Crippen molar-refractivity contribution < 1.29 is 9.18 Å². The van der Waals surface area contributed by atoms with E-state index in [-0.39, 0.29) is 11.6 Å². The summed E-state index contributed by atoms with van der Waals surface area (Å²) in [6.07, 6.45) is 0.469. The maximum absolute atomic E-state index is 13.0. The van der Waals surface area contributed by atoms with Crippen molar-refractivity contribution in [1.29, 1.82) is 0 Å². The number of rotatable bonds is 2. The van der Waals surface area contributed by atoms with Crippen LogP contribution in [0.3, 0.4) is 0 Å². The van der Waals surface area contributed by atoms with Gasteiger partial charge >= 0.3 is 0 Å². The molecule has 1 nitrogen and oxygen atoms in total. The quantitative estimate of drug-likeness (QED) is 0.680. The highest BCUT2D eigenvalue weighted by molar-refractivity contribution is 6.07. The number of fused-ring (bicyclic) bond motifs is 1. The molecule has 0 aliphatic heterocycles. The Bertz CT molecular complexity index is 517. The molecule has 0 atom stereocenters. The third-order valence-corrected chi connectivity index (χ3v) is 2.46. The number of carbonyl (C=O) groups is 1. The molecular formula is C13H11FO. The molecule has 0 amide bonds. The molecular weight excluding hydrogens is 191 g/mol. The van der Waals surface area contributed by atoms with E-state index >= 15 is 0 Å². The average molecular weight is 202 g/mol. The Labute approximate surface area is 87.5 Å². The Morgan fingerprint density at radius 3 is 2.80 bits per heavy atom. The van der Waals surface area contributed by atoms with Crippen LogP contribution in [0, 0.1) is 5.82 Å². The van der Waals surface area contributed by atoms with E-state index in [9.17, 15) is 9.18 Å². The van der Waals surface area contributed by atoms with Crippen LogP contribution in [0.1, 0.15) is 23.7 Å². The fraction of sp³-hybridized carbons (Fsp3) is 0.154. The Morgan fingerprint density at radius 1 is 1.27 bits per heavy atom. The first-order valence-corrected chi connectivity index (χ1v) is 4.94. The maximum Gasteiger partial charge on any atom is 0.163 e. The molecule has 0 heterocycles. The lowest BCUT2D eigenvalue weighted by Crippen LogP contribution is -1.97. The zero-order valence-electron chi connectivity index (χ0n) is 8.46. The fourth-order valence-electron chi connectivity index (χ4n) is 1.69. The van der Waals surface area contributed by atoms with Crippen LogP contribution in [-0.2, 0) is 0 Å². The molecule has 0 saturated carbocycles. The predicted octanol–water partition coefficient (Wildman–Crippen LogP) is 3.57. The highest BCUT2D eigenvalue weighted by Crippen LogP contribution is 2.20. The lowest BCUT2D eigenvalue weighted by atomic mass is 10.0. The van der Waals surface area contributed by atoms with Crippen molar-refractivity contribution >= 4 is 16.6 Å². The third-order valence-electron chi connectivity index (χ3n) is 2.46. The van der Waals surface area contributed by atoms with Gasteiger partial charge in [0.2, 0.25) is 0 Å². The first-order chi connectivity index (χ1) is 7.22. The van der Waals surface area contributed by atoms with E-state index in [4.69, 9.17) is 0 Å². The lowest BCUT2D eigenvalue weighted by molar-refractivity contribution is 0.0990. The van der Waals surface area contributed by atoms with E-state index in [1.54, 1.807) is 18.2 Å². The number of ketones is 1. The number of benzene rings is 2. The summed E-state index contributed by atoms with van der Waals surface area (Å²) in [5.41, 5.74) is 0.676. The third kappa shape index (κ3) is 1.75. The van der Waals surface area contributed by atoms with Gasteiger partial charge in [-0.25, -0.2) is 4.39 Å².